The molecule has 11 heteroatoms. The Labute approximate surface area is 231 Å². The molecule has 0 bridgehead atoms. The monoisotopic (exact) mass is 590 g/mol. The molecule has 3 aliphatic rings. The van der Waals surface area contributed by atoms with Crippen LogP contribution in [0.3, 0.4) is 0 Å². The highest BCUT2D eigenvalue weighted by Crippen LogP contribution is 2.35. The molecule has 1 saturated heterocycles. The van der Waals surface area contributed by atoms with Crippen molar-refractivity contribution in [3.05, 3.63) is 99.5 Å². The molecule has 3 amide bonds. The Balaban J connectivity index is 1.25. The summed E-state index contributed by atoms with van der Waals surface area (Å²) in [4.78, 5) is 41.0. The van der Waals surface area contributed by atoms with Gasteiger partial charge in [-0.1, -0.05) is 75.2 Å². The van der Waals surface area contributed by atoms with Crippen molar-refractivity contribution in [2.24, 2.45) is 15.4 Å². The number of anilines is 1. The van der Waals surface area contributed by atoms with Gasteiger partial charge in [-0.2, -0.15) is 10.2 Å². The van der Waals surface area contributed by atoms with E-state index in [1.54, 1.807) is 24.3 Å². The van der Waals surface area contributed by atoms with Crippen molar-refractivity contribution < 1.29 is 14.4 Å². The van der Waals surface area contributed by atoms with Gasteiger partial charge in [0, 0.05) is 15.9 Å². The van der Waals surface area contributed by atoms with Crippen molar-refractivity contribution in [3.63, 3.8) is 0 Å². The summed E-state index contributed by atoms with van der Waals surface area (Å²) in [6.45, 7) is -0.251. The van der Waals surface area contributed by atoms with Crippen LogP contribution in [-0.2, 0) is 14.4 Å². The second-order valence-electron chi connectivity index (χ2n) is 9.10. The van der Waals surface area contributed by atoms with Crippen LogP contribution in [0.4, 0.5) is 5.69 Å². The largest absolute Gasteiger partial charge is 0.271 e. The van der Waals surface area contributed by atoms with Crippen molar-refractivity contribution >= 4 is 56.7 Å². The van der Waals surface area contributed by atoms with Crippen LogP contribution in [0.5, 0.6) is 0 Å². The average molecular weight is 592 g/mol. The Kier molecular flexibility index (Phi) is 6.29. The van der Waals surface area contributed by atoms with Crippen LogP contribution in [0, 0.1) is 0 Å². The van der Waals surface area contributed by atoms with Gasteiger partial charge in [-0.3, -0.25) is 19.4 Å². The van der Waals surface area contributed by atoms with Crippen LogP contribution in [0.25, 0.3) is 0 Å². The Morgan fingerprint density at radius 1 is 0.947 bits per heavy atom. The number of carbonyl (C=O) groups excluding carboxylic acids is 3. The average Bonchev–Trinajstić information content (AvgIpc) is 3.61. The second kappa shape index (κ2) is 9.77. The van der Waals surface area contributed by atoms with Crippen LogP contribution < -0.4 is 4.90 Å². The summed E-state index contributed by atoms with van der Waals surface area (Å²) in [7, 11) is 0. The van der Waals surface area contributed by atoms with E-state index < -0.39 is 23.9 Å². The molecule has 3 atom stereocenters. The predicted molar refractivity (Wildman–Crippen MR) is 144 cm³/mol. The molecule has 3 aromatic carbocycles. The van der Waals surface area contributed by atoms with Crippen molar-refractivity contribution in [1.29, 1.82) is 0 Å². The number of rotatable bonds is 5. The van der Waals surface area contributed by atoms with Crippen LogP contribution in [0.15, 0.2) is 98.8 Å². The molecule has 0 N–H and O–H groups in total. The fourth-order valence-corrected chi connectivity index (χ4v) is 5.29. The predicted octanol–water partition coefficient (Wildman–Crippen LogP) is 4.77. The molecule has 0 saturated carbocycles. The third-order valence-electron chi connectivity index (χ3n) is 6.77. The maximum Gasteiger partial charge on any atom is 0.264 e. The quantitative estimate of drug-likeness (QED) is 0.399. The number of amides is 3. The van der Waals surface area contributed by atoms with Gasteiger partial charge < -0.3 is 0 Å². The first-order valence-electron chi connectivity index (χ1n) is 11.9. The fraction of sp³-hybridized carbons (Fsp3) is 0.185. The zero-order chi connectivity index (χ0) is 26.4. The molecule has 0 aromatic heterocycles. The zero-order valence-electron chi connectivity index (χ0n) is 19.8. The van der Waals surface area contributed by atoms with Crippen LogP contribution in [0.1, 0.15) is 23.6 Å². The van der Waals surface area contributed by atoms with Gasteiger partial charge in [-0.05, 0) is 47.5 Å². The molecule has 1 fully saturated rings. The minimum absolute atomic E-state index is 0.251. The molecule has 3 aliphatic heterocycles. The molecular formula is C27H20BrClN6O3. The number of carbonyl (C=O) groups is 3. The minimum atomic E-state index is -1.00. The van der Waals surface area contributed by atoms with Gasteiger partial charge in [0.2, 0.25) is 0 Å². The summed E-state index contributed by atoms with van der Waals surface area (Å²) in [5.41, 5.74) is 3.04. The molecule has 0 radical (unpaired) electrons. The molecule has 190 valence electrons. The first kappa shape index (κ1) is 24.4. The van der Waals surface area contributed by atoms with Gasteiger partial charge in [0.05, 0.1) is 17.4 Å². The third-order valence-corrected chi connectivity index (χ3v) is 7.55. The second-order valence-corrected chi connectivity index (χ2v) is 10.5. The van der Waals surface area contributed by atoms with Crippen molar-refractivity contribution in [1.82, 2.24) is 10.0 Å². The summed E-state index contributed by atoms with van der Waals surface area (Å²) in [6, 6.07) is 21.5. The van der Waals surface area contributed by atoms with Gasteiger partial charge in [-0.25, -0.2) is 9.91 Å². The summed E-state index contributed by atoms with van der Waals surface area (Å²) >= 11 is 9.41. The van der Waals surface area contributed by atoms with Gasteiger partial charge in [0.15, 0.2) is 12.1 Å². The minimum Gasteiger partial charge on any atom is -0.271 e. The van der Waals surface area contributed by atoms with Crippen LogP contribution >= 0.6 is 27.5 Å². The van der Waals surface area contributed by atoms with Crippen molar-refractivity contribution in [2.45, 2.75) is 24.5 Å². The SMILES string of the molecule is O=C1[C@H]2N=NN(CC(=O)N3N=C(c4ccc(Br)cc4)C[C@H]3c3ccccc3)[C@@H]2C(=O)N1c1ccc(Cl)cc1. The van der Waals surface area contributed by atoms with Gasteiger partial charge in [-0.15, -0.1) is 0 Å². The lowest BCUT2D eigenvalue weighted by molar-refractivity contribution is -0.135. The highest BCUT2D eigenvalue weighted by Gasteiger charge is 2.55. The topological polar surface area (TPSA) is 98.0 Å². The molecule has 6 rings (SSSR count). The molecular weight excluding hydrogens is 572 g/mol. The summed E-state index contributed by atoms with van der Waals surface area (Å²) in [6.07, 6.45) is 0.534. The number of imide groups is 1. The Morgan fingerprint density at radius 2 is 1.66 bits per heavy atom. The van der Waals surface area contributed by atoms with E-state index in [0.29, 0.717) is 17.1 Å². The lowest BCUT2D eigenvalue weighted by atomic mass is 9.98. The van der Waals surface area contributed by atoms with E-state index in [1.807, 2.05) is 54.6 Å². The Hall–Kier alpha value is -3.89. The lowest BCUT2D eigenvalue weighted by Gasteiger charge is -2.25. The summed E-state index contributed by atoms with van der Waals surface area (Å²) < 4.78 is 0.949. The molecule has 9 nitrogen and oxygen atoms in total. The number of hydrogen-bond donors (Lipinski definition) is 0. The maximum atomic E-state index is 13.6. The summed E-state index contributed by atoms with van der Waals surface area (Å²) in [5.74, 6) is -1.32. The highest BCUT2D eigenvalue weighted by atomic mass is 79.9. The van der Waals surface area contributed by atoms with Gasteiger partial charge in [0.25, 0.3) is 17.7 Å². The Morgan fingerprint density at radius 3 is 2.37 bits per heavy atom. The third kappa shape index (κ3) is 4.29. The fourth-order valence-electron chi connectivity index (χ4n) is 4.90. The number of fused-ring (bicyclic) bond motifs is 1. The number of halogens is 2. The van der Waals surface area contributed by atoms with E-state index in [0.717, 1.165) is 26.2 Å². The molecule has 38 heavy (non-hydrogen) atoms. The van der Waals surface area contributed by atoms with Crippen molar-refractivity contribution in [2.75, 3.05) is 11.4 Å². The number of nitrogens with zero attached hydrogens (tertiary/aromatic N) is 6. The first-order valence-corrected chi connectivity index (χ1v) is 13.1. The number of benzene rings is 3. The van der Waals surface area contributed by atoms with E-state index in [4.69, 9.17) is 11.6 Å². The van der Waals surface area contributed by atoms with Crippen LogP contribution in [-0.4, -0.2) is 52.1 Å². The smallest absolute Gasteiger partial charge is 0.264 e. The molecule has 0 aliphatic carbocycles. The van der Waals surface area contributed by atoms with E-state index >= 15 is 0 Å². The van der Waals surface area contributed by atoms with Crippen LogP contribution in [0.2, 0.25) is 5.02 Å². The van der Waals surface area contributed by atoms with Crippen molar-refractivity contribution in [3.8, 4) is 0 Å². The Bertz CT molecular complexity index is 1480. The number of hydrogen-bond acceptors (Lipinski definition) is 7. The number of hydrazone groups is 1. The zero-order valence-corrected chi connectivity index (χ0v) is 22.2. The van der Waals surface area contributed by atoms with E-state index in [-0.39, 0.29) is 18.5 Å². The highest BCUT2D eigenvalue weighted by molar-refractivity contribution is 9.10. The maximum absolute atomic E-state index is 13.6. The lowest BCUT2D eigenvalue weighted by Crippen LogP contribution is -2.44. The van der Waals surface area contributed by atoms with Gasteiger partial charge in [0.1, 0.15) is 6.54 Å². The first-order chi connectivity index (χ1) is 18.4. The molecule has 0 spiro atoms. The molecule has 3 heterocycles. The van der Waals surface area contributed by atoms with E-state index in [9.17, 15) is 14.4 Å². The van der Waals surface area contributed by atoms with Gasteiger partial charge >= 0.3 is 0 Å². The molecule has 0 unspecified atom stereocenters. The van der Waals surface area contributed by atoms with E-state index in [1.165, 1.54) is 10.0 Å². The molecule has 3 aromatic rings. The normalized spacial score (nSPS) is 22.3. The van der Waals surface area contributed by atoms with E-state index in [2.05, 4.69) is 31.4 Å². The summed E-state index contributed by atoms with van der Waals surface area (Å²) in [5, 5.41) is 16.0. The standard InChI is InChI=1S/C27H20BrClN6O3/c28-18-8-6-16(7-9-18)21-14-22(17-4-2-1-3-5-17)35(31-21)23(36)15-33-25-24(30-32-33)26(37)34(27(25)38)20-12-10-19(29)11-13-20/h1-13,22,24-25H,14-15H2/t22-,24-,25-/m0/s1.